The Bertz CT molecular complexity index is 1440. The molecule has 0 unspecified atom stereocenters. The Morgan fingerprint density at radius 1 is 0.419 bits per heavy atom. The molecule has 360 valence electrons. The second kappa shape index (κ2) is 22.0. The molecule has 0 aromatic heterocycles. The van der Waals surface area contributed by atoms with Crippen molar-refractivity contribution in [3.8, 4) is 0 Å². The van der Waals surface area contributed by atoms with Gasteiger partial charge in [-0.25, -0.2) is 0 Å². The van der Waals surface area contributed by atoms with Crippen molar-refractivity contribution in [1.82, 2.24) is 10.6 Å². The standard InChI is InChI=1S/C34H58N2O26/c1-8(40)35-15-20(45)28(11(4-38)56-30(15)53)61-31-16(36-9(2)41)21(46)29(12(5-39)58-31)62-34-27(52)24(49)19(44)14(60-34)7-55-33-26(51)23(48)18(43)13(59-33)6-54-32-25(50)22(47)17(42)10(3-37)57-32/h10-34,37-39,42-53H,3-7H2,1-2H3,(H,35,40)(H,36,41)/t10-,11-,12-,13-,14-,15-,16-,17-,18-,19-,20-,21-,22+,23+,24+,25+,26+,27+,28-,29-,30-,31+,32+,33+,34+/m1/s1. The van der Waals surface area contributed by atoms with Crippen LogP contribution in [0.2, 0.25) is 0 Å². The van der Waals surface area contributed by atoms with Crippen LogP contribution in [0.15, 0.2) is 0 Å². The van der Waals surface area contributed by atoms with Crippen LogP contribution in [-0.4, -0.2) is 275 Å². The van der Waals surface area contributed by atoms with Gasteiger partial charge in [0, 0.05) is 13.8 Å². The second-order valence-electron chi connectivity index (χ2n) is 15.5. The van der Waals surface area contributed by atoms with Crippen molar-refractivity contribution in [1.29, 1.82) is 0 Å². The molecule has 0 aromatic rings. The first-order valence-corrected chi connectivity index (χ1v) is 19.6. The zero-order valence-corrected chi connectivity index (χ0v) is 33.2. The first-order chi connectivity index (χ1) is 29.2. The van der Waals surface area contributed by atoms with Gasteiger partial charge in [-0.1, -0.05) is 0 Å². The summed E-state index contributed by atoms with van der Waals surface area (Å²) >= 11 is 0. The van der Waals surface area contributed by atoms with E-state index in [0.717, 1.165) is 13.8 Å². The lowest BCUT2D eigenvalue weighted by atomic mass is 9.94. The van der Waals surface area contributed by atoms with E-state index in [1.165, 1.54) is 0 Å². The minimum absolute atomic E-state index is 0.678. The molecule has 0 aliphatic carbocycles. The smallest absolute Gasteiger partial charge is 0.217 e. The number of hydrogen-bond acceptors (Lipinski definition) is 26. The average molecular weight is 911 g/mol. The number of ether oxygens (including phenoxy) is 9. The number of nitrogens with one attached hydrogen (secondary N) is 2. The zero-order valence-electron chi connectivity index (χ0n) is 33.2. The molecule has 5 fully saturated rings. The second-order valence-corrected chi connectivity index (χ2v) is 15.5. The summed E-state index contributed by atoms with van der Waals surface area (Å²) in [6.45, 7) is -1.93. The van der Waals surface area contributed by atoms with Crippen LogP contribution < -0.4 is 10.6 Å². The lowest BCUT2D eigenvalue weighted by molar-refractivity contribution is -0.366. The van der Waals surface area contributed by atoms with Crippen molar-refractivity contribution < 1.29 is 129 Å². The Morgan fingerprint density at radius 3 is 1.24 bits per heavy atom. The van der Waals surface area contributed by atoms with Gasteiger partial charge in [0.15, 0.2) is 31.5 Å². The van der Waals surface area contributed by atoms with Crippen LogP contribution >= 0.6 is 0 Å². The van der Waals surface area contributed by atoms with E-state index in [-0.39, 0.29) is 0 Å². The third-order valence-electron chi connectivity index (χ3n) is 11.1. The van der Waals surface area contributed by atoms with Gasteiger partial charge in [0.1, 0.15) is 122 Å². The Hall–Kier alpha value is -2.02. The summed E-state index contributed by atoms with van der Waals surface area (Å²) in [6, 6.07) is -3.11. The van der Waals surface area contributed by atoms with Crippen molar-refractivity contribution >= 4 is 11.8 Å². The van der Waals surface area contributed by atoms with Gasteiger partial charge in [-0.3, -0.25) is 9.59 Å². The van der Waals surface area contributed by atoms with Crippen LogP contribution in [0, 0.1) is 0 Å². The minimum atomic E-state index is -2.07. The Balaban J connectivity index is 1.26. The average Bonchev–Trinajstić information content (AvgIpc) is 3.23. The van der Waals surface area contributed by atoms with Gasteiger partial charge in [0.05, 0.1) is 33.0 Å². The van der Waals surface area contributed by atoms with E-state index >= 15 is 0 Å². The van der Waals surface area contributed by atoms with Crippen molar-refractivity contribution in [3.05, 3.63) is 0 Å². The van der Waals surface area contributed by atoms with E-state index in [1.54, 1.807) is 0 Å². The highest BCUT2D eigenvalue weighted by Crippen LogP contribution is 2.33. The fourth-order valence-electron chi connectivity index (χ4n) is 7.63. The van der Waals surface area contributed by atoms with Gasteiger partial charge in [-0.15, -0.1) is 0 Å². The fraction of sp³-hybridized carbons (Fsp3) is 0.941. The summed E-state index contributed by atoms with van der Waals surface area (Å²) in [6.07, 6.45) is -40.9. The summed E-state index contributed by atoms with van der Waals surface area (Å²) in [5.41, 5.74) is 0. The van der Waals surface area contributed by atoms with Crippen LogP contribution in [0.1, 0.15) is 13.8 Å². The minimum Gasteiger partial charge on any atom is -0.394 e. The molecule has 5 aliphatic rings. The third-order valence-corrected chi connectivity index (χ3v) is 11.1. The summed E-state index contributed by atoms with van der Waals surface area (Å²) < 4.78 is 50.2. The van der Waals surface area contributed by atoms with E-state index in [0.29, 0.717) is 0 Å². The molecule has 0 spiro atoms. The Kier molecular flexibility index (Phi) is 18.1. The van der Waals surface area contributed by atoms with Crippen LogP contribution in [0.4, 0.5) is 0 Å². The summed E-state index contributed by atoms with van der Waals surface area (Å²) in [5.74, 6) is -1.45. The molecule has 0 bridgehead atoms. The highest BCUT2D eigenvalue weighted by molar-refractivity contribution is 5.73. The van der Waals surface area contributed by atoms with Crippen LogP contribution in [0.3, 0.4) is 0 Å². The van der Waals surface area contributed by atoms with E-state index in [2.05, 4.69) is 10.6 Å². The van der Waals surface area contributed by atoms with Crippen LogP contribution in [-0.2, 0) is 52.2 Å². The first kappa shape index (κ1) is 51.0. The van der Waals surface area contributed by atoms with Gasteiger partial charge >= 0.3 is 0 Å². The SMILES string of the molecule is CC(=O)N[C@@H]1[C@@H](O)[C@H](O[C@@H]2O[C@H](CO)[C@@H](O[C@@H]3O[C@H](CO[C@H]4O[C@H](CO[C@H]5O[C@H](CO)[C@@H](O)[C@H](O)[C@@H]5O)[C@@H](O)[C@H](O)[C@@H]4O)[C@@H](O)[C@H](O)[C@@H]3O)[C@H](O)[C@H]2NC(C)=O)[C@@H](CO)O[C@H]1O. The number of rotatable bonds is 15. The van der Waals surface area contributed by atoms with Gasteiger partial charge in [0.25, 0.3) is 0 Å². The molecular formula is C34H58N2O26. The maximum absolute atomic E-state index is 12.3. The predicted molar refractivity (Wildman–Crippen MR) is 190 cm³/mol. The van der Waals surface area contributed by atoms with E-state index in [9.17, 15) is 86.2 Å². The Labute approximate surface area is 351 Å². The monoisotopic (exact) mass is 910 g/mol. The molecule has 0 saturated carbocycles. The summed E-state index contributed by atoms with van der Waals surface area (Å²) in [7, 11) is 0. The molecule has 5 rings (SSSR count). The normalized spacial score (nSPS) is 49.0. The van der Waals surface area contributed by atoms with Crippen molar-refractivity contribution in [3.63, 3.8) is 0 Å². The molecular weight excluding hydrogens is 852 g/mol. The molecule has 17 N–H and O–H groups in total. The number of aliphatic hydroxyl groups excluding tert-OH is 15. The maximum atomic E-state index is 12.3. The summed E-state index contributed by atoms with van der Waals surface area (Å²) in [4.78, 5) is 24.0. The van der Waals surface area contributed by atoms with Crippen LogP contribution in [0.5, 0.6) is 0 Å². The summed E-state index contributed by atoms with van der Waals surface area (Å²) in [5, 5.41) is 162. The third kappa shape index (κ3) is 11.1. The quantitative estimate of drug-likeness (QED) is 0.0725. The topological polar surface area (TPSA) is 445 Å². The molecule has 5 saturated heterocycles. The maximum Gasteiger partial charge on any atom is 0.217 e. The van der Waals surface area contributed by atoms with Gasteiger partial charge < -0.3 is 130 Å². The molecule has 28 nitrogen and oxygen atoms in total. The molecule has 28 heteroatoms. The lowest BCUT2D eigenvalue weighted by Gasteiger charge is -2.49. The predicted octanol–water partition coefficient (Wildman–Crippen LogP) is -11.6. The zero-order chi connectivity index (χ0) is 45.9. The molecule has 2 amide bonds. The first-order valence-electron chi connectivity index (χ1n) is 19.6. The van der Waals surface area contributed by atoms with Crippen LogP contribution in [0.25, 0.3) is 0 Å². The largest absolute Gasteiger partial charge is 0.394 e. The molecule has 25 atom stereocenters. The van der Waals surface area contributed by atoms with Crippen molar-refractivity contribution in [2.75, 3.05) is 33.0 Å². The lowest BCUT2D eigenvalue weighted by Crippen LogP contribution is -2.70. The highest BCUT2D eigenvalue weighted by atomic mass is 16.8. The number of hydrogen-bond donors (Lipinski definition) is 17. The molecule has 5 aliphatic heterocycles. The van der Waals surface area contributed by atoms with Crippen molar-refractivity contribution in [2.24, 2.45) is 0 Å². The number of carbonyl (C=O) groups is 2. The van der Waals surface area contributed by atoms with Gasteiger partial charge in [-0.05, 0) is 0 Å². The van der Waals surface area contributed by atoms with Gasteiger partial charge in [0.2, 0.25) is 11.8 Å². The highest BCUT2D eigenvalue weighted by Gasteiger charge is 2.55. The molecule has 0 radical (unpaired) electrons. The Morgan fingerprint density at radius 2 is 0.774 bits per heavy atom. The molecule has 0 aromatic carbocycles. The van der Waals surface area contributed by atoms with Gasteiger partial charge in [-0.2, -0.15) is 0 Å². The van der Waals surface area contributed by atoms with Crippen molar-refractivity contribution in [2.45, 2.75) is 167 Å². The molecule has 62 heavy (non-hydrogen) atoms. The molecule has 5 heterocycles. The number of amides is 2. The van der Waals surface area contributed by atoms with E-state index in [1.807, 2.05) is 0 Å². The number of aliphatic hydroxyl groups is 15. The fourth-order valence-corrected chi connectivity index (χ4v) is 7.63. The van der Waals surface area contributed by atoms with E-state index in [4.69, 9.17) is 42.6 Å². The number of carbonyl (C=O) groups excluding carboxylic acids is 2. The van der Waals surface area contributed by atoms with E-state index < -0.39 is 198 Å².